The van der Waals surface area contributed by atoms with Crippen LogP contribution in [-0.2, 0) is 14.3 Å². The Morgan fingerprint density at radius 1 is 1.40 bits per heavy atom. The number of pyridine rings is 1. The molecule has 0 saturated heterocycles. The SMILES string of the molecule is C[C@H](OC(=O)/C=C/c1c(Cl)nc2ccccn12)C(=O)NC1CCCC1. The van der Waals surface area contributed by atoms with Crippen molar-refractivity contribution in [3.63, 3.8) is 0 Å². The number of imidazole rings is 1. The van der Waals surface area contributed by atoms with Gasteiger partial charge in [0.1, 0.15) is 5.65 Å². The van der Waals surface area contributed by atoms with E-state index in [4.69, 9.17) is 16.3 Å². The summed E-state index contributed by atoms with van der Waals surface area (Å²) in [6.45, 7) is 1.57. The van der Waals surface area contributed by atoms with Gasteiger partial charge in [-0.2, -0.15) is 0 Å². The molecular formula is C18H20ClN3O3. The molecule has 3 rings (SSSR count). The molecule has 1 aliphatic rings. The zero-order valence-corrected chi connectivity index (χ0v) is 14.7. The van der Waals surface area contributed by atoms with Crippen LogP contribution in [0.25, 0.3) is 11.7 Å². The number of carbonyl (C=O) groups is 2. The smallest absolute Gasteiger partial charge is 0.331 e. The van der Waals surface area contributed by atoms with E-state index < -0.39 is 12.1 Å². The number of fused-ring (bicyclic) bond motifs is 1. The average molecular weight is 362 g/mol. The lowest BCUT2D eigenvalue weighted by atomic mass is 10.2. The third kappa shape index (κ3) is 4.20. The Morgan fingerprint density at radius 2 is 2.16 bits per heavy atom. The quantitative estimate of drug-likeness (QED) is 0.656. The van der Waals surface area contributed by atoms with Crippen molar-refractivity contribution in [2.45, 2.75) is 44.8 Å². The van der Waals surface area contributed by atoms with Crippen LogP contribution in [0.3, 0.4) is 0 Å². The van der Waals surface area contributed by atoms with Crippen molar-refractivity contribution in [1.29, 1.82) is 0 Å². The fourth-order valence-electron chi connectivity index (χ4n) is 2.94. The van der Waals surface area contributed by atoms with Crippen LogP contribution in [0.5, 0.6) is 0 Å². The largest absolute Gasteiger partial charge is 0.449 e. The van der Waals surface area contributed by atoms with Gasteiger partial charge in [0.2, 0.25) is 0 Å². The number of rotatable bonds is 5. The summed E-state index contributed by atoms with van der Waals surface area (Å²) in [5.74, 6) is -0.863. The molecule has 0 spiro atoms. The second kappa shape index (κ2) is 7.70. The molecule has 0 radical (unpaired) electrons. The lowest BCUT2D eigenvalue weighted by molar-refractivity contribution is -0.150. The first-order valence-corrected chi connectivity index (χ1v) is 8.74. The number of aromatic nitrogens is 2. The minimum atomic E-state index is -0.838. The Bertz CT molecular complexity index is 809. The summed E-state index contributed by atoms with van der Waals surface area (Å²) in [5.41, 5.74) is 1.27. The van der Waals surface area contributed by atoms with Gasteiger partial charge >= 0.3 is 5.97 Å². The zero-order valence-electron chi connectivity index (χ0n) is 13.9. The Labute approximate surface area is 150 Å². The summed E-state index contributed by atoms with van der Waals surface area (Å²) < 4.78 is 6.93. The molecule has 2 aromatic rings. The number of nitrogens with zero attached hydrogens (tertiary/aromatic N) is 2. The summed E-state index contributed by atoms with van der Waals surface area (Å²) in [7, 11) is 0. The first-order chi connectivity index (χ1) is 12.0. The van der Waals surface area contributed by atoms with Gasteiger partial charge in [-0.05, 0) is 38.0 Å². The third-order valence-corrected chi connectivity index (χ3v) is 4.54. The minimum absolute atomic E-state index is 0.196. The van der Waals surface area contributed by atoms with Gasteiger partial charge in [-0.3, -0.25) is 9.20 Å². The maximum absolute atomic E-state index is 12.0. The molecule has 6 nitrogen and oxygen atoms in total. The number of esters is 1. The van der Waals surface area contributed by atoms with Crippen LogP contribution in [0.2, 0.25) is 5.15 Å². The van der Waals surface area contributed by atoms with E-state index in [0.29, 0.717) is 16.5 Å². The van der Waals surface area contributed by atoms with Crippen LogP contribution in [0.1, 0.15) is 38.3 Å². The van der Waals surface area contributed by atoms with Gasteiger partial charge in [0, 0.05) is 18.3 Å². The fraction of sp³-hybridized carbons (Fsp3) is 0.389. The third-order valence-electron chi connectivity index (χ3n) is 4.26. The van der Waals surface area contributed by atoms with Gasteiger partial charge in [-0.15, -0.1) is 0 Å². The first kappa shape index (κ1) is 17.5. The average Bonchev–Trinajstić information content (AvgIpc) is 3.19. The monoisotopic (exact) mass is 361 g/mol. The number of hydrogen-bond acceptors (Lipinski definition) is 4. The molecule has 1 N–H and O–H groups in total. The van der Waals surface area contributed by atoms with Gasteiger partial charge in [-0.25, -0.2) is 9.78 Å². The summed E-state index contributed by atoms with van der Waals surface area (Å²) in [6.07, 6.45) is 7.97. The zero-order chi connectivity index (χ0) is 17.8. The second-order valence-electron chi connectivity index (χ2n) is 6.12. The summed E-state index contributed by atoms with van der Waals surface area (Å²) in [6, 6.07) is 5.71. The number of ether oxygens (including phenoxy) is 1. The maximum Gasteiger partial charge on any atom is 0.331 e. The molecule has 0 aliphatic heterocycles. The van der Waals surface area contributed by atoms with E-state index in [1.807, 2.05) is 18.2 Å². The summed E-state index contributed by atoms with van der Waals surface area (Å²) in [5, 5.41) is 3.21. The van der Waals surface area contributed by atoms with Crippen LogP contribution in [0, 0.1) is 0 Å². The van der Waals surface area contributed by atoms with Crippen LogP contribution >= 0.6 is 11.6 Å². The molecule has 25 heavy (non-hydrogen) atoms. The van der Waals surface area contributed by atoms with Gasteiger partial charge in [0.05, 0.1) is 5.69 Å². The van der Waals surface area contributed by atoms with Crippen molar-refractivity contribution in [3.05, 3.63) is 41.3 Å². The first-order valence-electron chi connectivity index (χ1n) is 8.36. The predicted octanol–water partition coefficient (Wildman–Crippen LogP) is 2.99. The number of carbonyl (C=O) groups excluding carboxylic acids is 2. The highest BCUT2D eigenvalue weighted by molar-refractivity contribution is 6.31. The fourth-order valence-corrected chi connectivity index (χ4v) is 3.18. The van der Waals surface area contributed by atoms with Crippen molar-refractivity contribution >= 4 is 35.2 Å². The van der Waals surface area contributed by atoms with Crippen molar-refractivity contribution in [3.8, 4) is 0 Å². The van der Waals surface area contributed by atoms with Crippen molar-refractivity contribution < 1.29 is 14.3 Å². The van der Waals surface area contributed by atoms with E-state index in [-0.39, 0.29) is 11.9 Å². The van der Waals surface area contributed by atoms with E-state index in [9.17, 15) is 9.59 Å². The molecule has 0 bridgehead atoms. The lowest BCUT2D eigenvalue weighted by Gasteiger charge is -2.16. The van der Waals surface area contributed by atoms with Gasteiger partial charge in [-0.1, -0.05) is 30.5 Å². The molecule has 2 aromatic heterocycles. The number of amides is 1. The Morgan fingerprint density at radius 3 is 2.92 bits per heavy atom. The van der Waals surface area contributed by atoms with Crippen LogP contribution in [0.4, 0.5) is 0 Å². The van der Waals surface area contributed by atoms with Crippen molar-refractivity contribution in [2.24, 2.45) is 0 Å². The van der Waals surface area contributed by atoms with E-state index in [0.717, 1.165) is 25.7 Å². The molecule has 7 heteroatoms. The number of hydrogen-bond donors (Lipinski definition) is 1. The molecule has 0 aromatic carbocycles. The van der Waals surface area contributed by atoms with Crippen LogP contribution < -0.4 is 5.32 Å². The van der Waals surface area contributed by atoms with Crippen LogP contribution in [-0.4, -0.2) is 33.4 Å². The Kier molecular flexibility index (Phi) is 5.38. The second-order valence-corrected chi connectivity index (χ2v) is 6.48. The highest BCUT2D eigenvalue weighted by Crippen LogP contribution is 2.19. The normalized spacial score (nSPS) is 16.4. The molecule has 1 atom stereocenters. The molecular weight excluding hydrogens is 342 g/mol. The molecule has 1 amide bonds. The van der Waals surface area contributed by atoms with Crippen LogP contribution in [0.15, 0.2) is 30.5 Å². The molecule has 1 fully saturated rings. The highest BCUT2D eigenvalue weighted by atomic mass is 35.5. The molecule has 0 unspecified atom stereocenters. The molecule has 1 saturated carbocycles. The maximum atomic E-state index is 12.0. The van der Waals surface area contributed by atoms with Crippen molar-refractivity contribution in [1.82, 2.24) is 14.7 Å². The number of halogens is 1. The highest BCUT2D eigenvalue weighted by Gasteiger charge is 2.22. The summed E-state index contributed by atoms with van der Waals surface area (Å²) >= 11 is 6.10. The van der Waals surface area contributed by atoms with Crippen molar-refractivity contribution in [2.75, 3.05) is 0 Å². The topological polar surface area (TPSA) is 72.7 Å². The predicted molar refractivity (Wildman–Crippen MR) is 95.2 cm³/mol. The minimum Gasteiger partial charge on any atom is -0.449 e. The van der Waals surface area contributed by atoms with Gasteiger partial charge < -0.3 is 10.1 Å². The Balaban J connectivity index is 1.60. The lowest BCUT2D eigenvalue weighted by Crippen LogP contribution is -2.40. The number of nitrogens with one attached hydrogen (secondary N) is 1. The Hall–Kier alpha value is -2.34. The molecule has 132 valence electrons. The van der Waals surface area contributed by atoms with E-state index in [1.165, 1.54) is 12.2 Å². The summed E-state index contributed by atoms with van der Waals surface area (Å²) in [4.78, 5) is 28.2. The molecule has 2 heterocycles. The van der Waals surface area contributed by atoms with E-state index in [2.05, 4.69) is 10.3 Å². The van der Waals surface area contributed by atoms with E-state index in [1.54, 1.807) is 17.5 Å². The molecule has 1 aliphatic carbocycles. The van der Waals surface area contributed by atoms with Gasteiger partial charge in [0.25, 0.3) is 5.91 Å². The van der Waals surface area contributed by atoms with E-state index >= 15 is 0 Å². The van der Waals surface area contributed by atoms with Gasteiger partial charge in [0.15, 0.2) is 11.3 Å². The standard InChI is InChI=1S/C18H20ClN3O3/c1-12(18(24)20-13-6-2-3-7-13)25-16(23)10-9-14-17(19)21-15-8-4-5-11-22(14)15/h4-5,8-13H,2-3,6-7H2,1H3,(H,20,24)/b10-9+/t12-/m0/s1.